The monoisotopic (exact) mass is 318 g/mol. The Morgan fingerprint density at radius 3 is 2.70 bits per heavy atom. The molecule has 0 bridgehead atoms. The van der Waals surface area contributed by atoms with Crippen LogP contribution in [0.25, 0.3) is 5.57 Å². The minimum Gasteiger partial charge on any atom is -0.350 e. The number of nitrogens with one attached hydrogen (secondary N) is 2. The largest absolute Gasteiger partial charge is 0.350 e. The Morgan fingerprint density at radius 2 is 2.04 bits per heavy atom. The van der Waals surface area contributed by atoms with Crippen LogP contribution in [0.4, 0.5) is 4.79 Å². The molecule has 5 heteroatoms. The number of carbonyl (C=O) groups is 1. The number of urea groups is 1. The van der Waals surface area contributed by atoms with Gasteiger partial charge in [0.25, 0.3) is 0 Å². The van der Waals surface area contributed by atoms with Crippen molar-refractivity contribution >= 4 is 11.6 Å². The van der Waals surface area contributed by atoms with Gasteiger partial charge in [0.15, 0.2) is 6.29 Å². The molecule has 2 rings (SSSR count). The van der Waals surface area contributed by atoms with Crippen LogP contribution in [0.5, 0.6) is 0 Å². The summed E-state index contributed by atoms with van der Waals surface area (Å²) in [4.78, 5) is 12.1. The smallest absolute Gasteiger partial charge is 0.315 e. The van der Waals surface area contributed by atoms with Crippen LogP contribution in [0.3, 0.4) is 0 Å². The van der Waals surface area contributed by atoms with E-state index in [-0.39, 0.29) is 12.3 Å². The van der Waals surface area contributed by atoms with Gasteiger partial charge in [-0.25, -0.2) is 4.79 Å². The summed E-state index contributed by atoms with van der Waals surface area (Å²) in [7, 11) is 0. The third kappa shape index (κ3) is 5.08. The van der Waals surface area contributed by atoms with Gasteiger partial charge in [-0.3, -0.25) is 0 Å². The maximum Gasteiger partial charge on any atom is 0.315 e. The van der Waals surface area contributed by atoms with Gasteiger partial charge in [-0.05, 0) is 38.0 Å². The van der Waals surface area contributed by atoms with Crippen molar-refractivity contribution in [3.05, 3.63) is 42.0 Å². The summed E-state index contributed by atoms with van der Waals surface area (Å²) in [6, 6.07) is 7.86. The molecule has 1 heterocycles. The van der Waals surface area contributed by atoms with Crippen molar-refractivity contribution in [1.82, 2.24) is 10.6 Å². The summed E-state index contributed by atoms with van der Waals surface area (Å²) in [6.45, 7) is 11.7. The van der Waals surface area contributed by atoms with Gasteiger partial charge in [-0.15, -0.1) is 0 Å². The van der Waals surface area contributed by atoms with Crippen LogP contribution in [0.1, 0.15) is 38.3 Å². The van der Waals surface area contributed by atoms with Crippen molar-refractivity contribution in [3.63, 3.8) is 0 Å². The lowest BCUT2D eigenvalue weighted by Crippen LogP contribution is -2.47. The summed E-state index contributed by atoms with van der Waals surface area (Å²) in [5.74, 6) is 0. The van der Waals surface area contributed by atoms with Crippen LogP contribution in [0.2, 0.25) is 0 Å². The minimum atomic E-state index is -0.476. The van der Waals surface area contributed by atoms with E-state index in [1.54, 1.807) is 0 Å². The molecular formula is C18H26N2O3. The van der Waals surface area contributed by atoms with E-state index < -0.39 is 5.54 Å². The Kier molecular flexibility index (Phi) is 5.80. The van der Waals surface area contributed by atoms with Crippen LogP contribution in [-0.4, -0.2) is 32.1 Å². The highest BCUT2D eigenvalue weighted by molar-refractivity contribution is 5.75. The van der Waals surface area contributed by atoms with Gasteiger partial charge < -0.3 is 20.1 Å². The van der Waals surface area contributed by atoms with Gasteiger partial charge in [0.2, 0.25) is 0 Å². The molecule has 1 aliphatic heterocycles. The van der Waals surface area contributed by atoms with E-state index in [0.717, 1.165) is 16.7 Å². The first-order valence-electron chi connectivity index (χ1n) is 7.94. The van der Waals surface area contributed by atoms with Crippen LogP contribution >= 0.6 is 0 Å². The minimum absolute atomic E-state index is 0.199. The molecule has 0 unspecified atom stereocenters. The molecule has 126 valence electrons. The van der Waals surface area contributed by atoms with Gasteiger partial charge in [0.05, 0.1) is 18.8 Å². The van der Waals surface area contributed by atoms with Crippen molar-refractivity contribution in [2.24, 2.45) is 0 Å². The molecule has 0 aromatic heterocycles. The molecule has 1 aliphatic rings. The maximum atomic E-state index is 12.1. The third-order valence-electron chi connectivity index (χ3n) is 3.86. The summed E-state index contributed by atoms with van der Waals surface area (Å²) < 4.78 is 10.7. The summed E-state index contributed by atoms with van der Waals surface area (Å²) in [6.07, 6.45) is 0.453. The van der Waals surface area contributed by atoms with Crippen molar-refractivity contribution < 1.29 is 14.3 Å². The molecule has 2 amide bonds. The van der Waals surface area contributed by atoms with E-state index in [9.17, 15) is 4.79 Å². The fourth-order valence-corrected chi connectivity index (χ4v) is 2.45. The lowest BCUT2D eigenvalue weighted by Gasteiger charge is -2.27. The summed E-state index contributed by atoms with van der Waals surface area (Å²) in [5.41, 5.74) is 2.64. The first-order valence-corrected chi connectivity index (χ1v) is 7.94. The molecule has 0 radical (unpaired) electrons. The first-order chi connectivity index (χ1) is 10.9. The number of ether oxygens (including phenoxy) is 2. The second-order valence-electron chi connectivity index (χ2n) is 6.33. The molecule has 1 saturated heterocycles. The van der Waals surface area contributed by atoms with Gasteiger partial charge in [0, 0.05) is 13.0 Å². The Bertz CT molecular complexity index is 563. The van der Waals surface area contributed by atoms with E-state index in [0.29, 0.717) is 26.2 Å². The van der Waals surface area contributed by atoms with Crippen molar-refractivity contribution in [2.45, 2.75) is 39.0 Å². The van der Waals surface area contributed by atoms with Crippen LogP contribution in [-0.2, 0) is 15.0 Å². The average Bonchev–Trinajstić information content (AvgIpc) is 3.00. The highest BCUT2D eigenvalue weighted by atomic mass is 16.7. The predicted octanol–water partition coefficient (Wildman–Crippen LogP) is 3.02. The zero-order valence-corrected chi connectivity index (χ0v) is 14.1. The number of benzene rings is 1. The Balaban J connectivity index is 1.87. The third-order valence-corrected chi connectivity index (χ3v) is 3.86. The van der Waals surface area contributed by atoms with E-state index >= 15 is 0 Å². The molecular weight excluding hydrogens is 292 g/mol. The molecule has 1 fully saturated rings. The van der Waals surface area contributed by atoms with Gasteiger partial charge in [0.1, 0.15) is 0 Å². The lowest BCUT2D eigenvalue weighted by atomic mass is 9.92. The summed E-state index contributed by atoms with van der Waals surface area (Å²) in [5, 5.41) is 5.85. The number of hydrogen-bond donors (Lipinski definition) is 2. The number of allylic oxidation sites excluding steroid dienone is 1. The number of carbonyl (C=O) groups excluding carboxylic acids is 1. The van der Waals surface area contributed by atoms with Crippen LogP contribution < -0.4 is 10.6 Å². The Morgan fingerprint density at radius 1 is 1.35 bits per heavy atom. The molecule has 0 aliphatic carbocycles. The van der Waals surface area contributed by atoms with Gasteiger partial charge in [-0.2, -0.15) is 0 Å². The Hall–Kier alpha value is -1.85. The Labute approximate surface area is 138 Å². The second-order valence-corrected chi connectivity index (χ2v) is 6.33. The molecule has 1 aromatic rings. The van der Waals surface area contributed by atoms with E-state index in [2.05, 4.69) is 23.3 Å². The predicted molar refractivity (Wildman–Crippen MR) is 91.0 cm³/mol. The fraction of sp³-hybridized carbons (Fsp3) is 0.500. The van der Waals surface area contributed by atoms with E-state index in [1.165, 1.54) is 0 Å². The highest BCUT2D eigenvalue weighted by Gasteiger charge is 2.23. The molecule has 0 atom stereocenters. The number of hydrogen-bond acceptors (Lipinski definition) is 3. The number of rotatable bonds is 6. The SMILES string of the molecule is C=C(C)c1cccc(C(C)(C)NC(=O)NCCC2OCCO2)c1. The first kappa shape index (κ1) is 17.5. The molecule has 2 N–H and O–H groups in total. The second kappa shape index (κ2) is 7.62. The van der Waals surface area contributed by atoms with Gasteiger partial charge in [-0.1, -0.05) is 30.4 Å². The lowest BCUT2D eigenvalue weighted by molar-refractivity contribution is -0.0454. The fourth-order valence-electron chi connectivity index (χ4n) is 2.45. The van der Waals surface area contributed by atoms with E-state index in [1.807, 2.05) is 39.0 Å². The summed E-state index contributed by atoms with van der Waals surface area (Å²) >= 11 is 0. The zero-order chi connectivity index (χ0) is 16.9. The normalized spacial score (nSPS) is 15.4. The number of amides is 2. The zero-order valence-electron chi connectivity index (χ0n) is 14.1. The van der Waals surface area contributed by atoms with Crippen molar-refractivity contribution in [3.8, 4) is 0 Å². The quantitative estimate of drug-likeness (QED) is 0.847. The van der Waals surface area contributed by atoms with Crippen LogP contribution in [0, 0.1) is 0 Å². The van der Waals surface area contributed by atoms with Gasteiger partial charge >= 0.3 is 6.03 Å². The molecule has 23 heavy (non-hydrogen) atoms. The standard InChI is InChI=1S/C18H26N2O3/c1-13(2)14-6-5-7-15(12-14)18(3,4)20-17(21)19-9-8-16-22-10-11-23-16/h5-7,12,16H,1,8-11H2,2-4H3,(H2,19,20,21). The van der Waals surface area contributed by atoms with Crippen molar-refractivity contribution in [2.75, 3.05) is 19.8 Å². The van der Waals surface area contributed by atoms with Crippen molar-refractivity contribution in [1.29, 1.82) is 0 Å². The molecule has 0 saturated carbocycles. The highest BCUT2D eigenvalue weighted by Crippen LogP contribution is 2.23. The average molecular weight is 318 g/mol. The maximum absolute atomic E-state index is 12.1. The topological polar surface area (TPSA) is 59.6 Å². The molecule has 0 spiro atoms. The van der Waals surface area contributed by atoms with E-state index in [4.69, 9.17) is 9.47 Å². The van der Waals surface area contributed by atoms with Crippen LogP contribution in [0.15, 0.2) is 30.8 Å². The molecule has 5 nitrogen and oxygen atoms in total. The molecule has 1 aromatic carbocycles.